The average Bonchev–Trinajstić information content (AvgIpc) is 2.07. The van der Waals surface area contributed by atoms with Crippen LogP contribution in [0.5, 0.6) is 0 Å². The molecule has 0 aliphatic carbocycles. The van der Waals surface area contributed by atoms with Gasteiger partial charge in [-0.25, -0.2) is 4.79 Å². The Morgan fingerprint density at radius 3 is 2.45 bits per heavy atom. The fraction of sp³-hybridized carbons (Fsp3) is 0.714. The van der Waals surface area contributed by atoms with Crippen molar-refractivity contribution >= 4 is 5.97 Å². The van der Waals surface area contributed by atoms with Crippen LogP contribution in [0.4, 0.5) is 0 Å². The summed E-state index contributed by atoms with van der Waals surface area (Å²) >= 11 is 0. The summed E-state index contributed by atoms with van der Waals surface area (Å²) in [4.78, 5) is 10.5. The Morgan fingerprint density at radius 1 is 1.73 bits per heavy atom. The molecule has 0 amide bonds. The minimum absolute atomic E-state index is 0.298. The van der Waals surface area contributed by atoms with E-state index in [2.05, 4.69) is 10.5 Å². The second kappa shape index (κ2) is 8.92. The van der Waals surface area contributed by atoms with Crippen LogP contribution in [0.1, 0.15) is 20.8 Å². The number of ether oxygens (including phenoxy) is 1. The van der Waals surface area contributed by atoms with Gasteiger partial charge in [0.05, 0.1) is 6.61 Å². The van der Waals surface area contributed by atoms with E-state index >= 15 is 0 Å². The standard InChI is InChI=1S/C5H8N2O2.C2H6/c1-2-9-5(8)4(7)3-6;1-2/h4H,2,7H2,1H3;1-2H3/p+1. The number of hydrogen-bond acceptors (Lipinski definition) is 3. The number of hydrogen-bond donors (Lipinski definition) is 1. The fourth-order valence-electron chi connectivity index (χ4n) is 0.296. The third-order valence-corrected chi connectivity index (χ3v) is 0.727. The summed E-state index contributed by atoms with van der Waals surface area (Å²) in [5, 5.41) is 8.12. The van der Waals surface area contributed by atoms with Crippen molar-refractivity contribution in [1.29, 1.82) is 5.26 Å². The second-order valence-electron chi connectivity index (χ2n) is 1.43. The molecule has 0 spiro atoms. The first-order chi connectivity index (χ1) is 5.22. The van der Waals surface area contributed by atoms with Gasteiger partial charge >= 0.3 is 5.97 Å². The molecule has 0 rings (SSSR count). The van der Waals surface area contributed by atoms with Crippen molar-refractivity contribution in [2.75, 3.05) is 6.61 Å². The Bertz CT molecular complexity index is 140. The summed E-state index contributed by atoms with van der Waals surface area (Å²) in [5.74, 6) is -0.556. The van der Waals surface area contributed by atoms with Crippen molar-refractivity contribution < 1.29 is 15.3 Å². The minimum Gasteiger partial charge on any atom is -0.461 e. The third kappa shape index (κ3) is 6.81. The second-order valence-corrected chi connectivity index (χ2v) is 1.43. The van der Waals surface area contributed by atoms with Crippen LogP contribution in [0.15, 0.2) is 0 Å². The Labute approximate surface area is 66.9 Å². The van der Waals surface area contributed by atoms with E-state index in [1.165, 1.54) is 0 Å². The summed E-state index contributed by atoms with van der Waals surface area (Å²) in [5.41, 5.74) is 3.24. The number of rotatable bonds is 2. The van der Waals surface area contributed by atoms with Crippen molar-refractivity contribution in [1.82, 2.24) is 0 Å². The summed E-state index contributed by atoms with van der Waals surface area (Å²) in [6, 6.07) is 0.780. The molecule has 0 radical (unpaired) electrons. The van der Waals surface area contributed by atoms with Crippen LogP contribution in [0.25, 0.3) is 0 Å². The van der Waals surface area contributed by atoms with Gasteiger partial charge in [-0.15, -0.1) is 0 Å². The van der Waals surface area contributed by atoms with E-state index in [0.717, 1.165) is 0 Å². The highest BCUT2D eigenvalue weighted by molar-refractivity contribution is 5.76. The Morgan fingerprint density at radius 2 is 2.18 bits per heavy atom. The number of carbonyl (C=O) groups is 1. The zero-order valence-corrected chi connectivity index (χ0v) is 7.26. The lowest BCUT2D eigenvalue weighted by molar-refractivity contribution is -0.390. The first-order valence-electron chi connectivity index (χ1n) is 3.61. The fourth-order valence-corrected chi connectivity index (χ4v) is 0.296. The molecule has 0 fully saturated rings. The van der Waals surface area contributed by atoms with Gasteiger partial charge in [0.15, 0.2) is 0 Å². The molecule has 0 aliphatic rings. The van der Waals surface area contributed by atoms with Crippen molar-refractivity contribution in [3.05, 3.63) is 0 Å². The smallest absolute Gasteiger partial charge is 0.380 e. The molecule has 0 aromatic carbocycles. The molecule has 0 bridgehead atoms. The number of quaternary nitrogens is 1. The molecule has 1 atom stereocenters. The molecule has 1 unspecified atom stereocenters. The molecule has 0 saturated heterocycles. The molecule has 11 heavy (non-hydrogen) atoms. The summed E-state index contributed by atoms with van der Waals surface area (Å²) in [6.07, 6.45) is 0. The van der Waals surface area contributed by atoms with E-state index in [9.17, 15) is 4.79 Å². The molecule has 0 aliphatic heterocycles. The van der Waals surface area contributed by atoms with Crippen LogP contribution in [0.3, 0.4) is 0 Å². The highest BCUT2D eigenvalue weighted by atomic mass is 16.5. The molecule has 4 heteroatoms. The molecule has 0 aromatic heterocycles. The zero-order chi connectivity index (χ0) is 9.28. The monoisotopic (exact) mass is 159 g/mol. The topological polar surface area (TPSA) is 77.7 Å². The molecule has 0 saturated carbocycles. The van der Waals surface area contributed by atoms with Gasteiger partial charge in [-0.1, -0.05) is 13.8 Å². The Hall–Kier alpha value is -1.08. The first kappa shape index (κ1) is 12.6. The van der Waals surface area contributed by atoms with E-state index in [1.807, 2.05) is 13.8 Å². The van der Waals surface area contributed by atoms with Crippen LogP contribution in [0, 0.1) is 11.3 Å². The predicted octanol–water partition coefficient (Wildman–Crippen LogP) is -0.290. The molecule has 0 heterocycles. The molecular weight excluding hydrogens is 144 g/mol. The predicted molar refractivity (Wildman–Crippen MR) is 40.3 cm³/mol. The van der Waals surface area contributed by atoms with Gasteiger partial charge in [0.1, 0.15) is 6.07 Å². The average molecular weight is 159 g/mol. The maximum atomic E-state index is 10.5. The Kier molecular flexibility index (Phi) is 10.2. The van der Waals surface area contributed by atoms with Crippen LogP contribution in [0.2, 0.25) is 0 Å². The number of esters is 1. The van der Waals surface area contributed by atoms with Gasteiger partial charge in [0.25, 0.3) is 6.04 Å². The Balaban J connectivity index is 0. The van der Waals surface area contributed by atoms with Gasteiger partial charge in [0.2, 0.25) is 0 Å². The molecule has 3 N–H and O–H groups in total. The lowest BCUT2D eigenvalue weighted by Gasteiger charge is -1.97. The first-order valence-corrected chi connectivity index (χ1v) is 3.61. The molecule has 64 valence electrons. The van der Waals surface area contributed by atoms with E-state index in [4.69, 9.17) is 5.26 Å². The van der Waals surface area contributed by atoms with Crippen molar-refractivity contribution in [2.24, 2.45) is 0 Å². The van der Waals surface area contributed by atoms with E-state index in [0.29, 0.717) is 6.61 Å². The van der Waals surface area contributed by atoms with Crippen molar-refractivity contribution in [3.8, 4) is 6.07 Å². The maximum absolute atomic E-state index is 10.5. The highest BCUT2D eigenvalue weighted by Gasteiger charge is 2.15. The van der Waals surface area contributed by atoms with Gasteiger partial charge in [-0.3, -0.25) is 0 Å². The van der Waals surface area contributed by atoms with Crippen molar-refractivity contribution in [2.45, 2.75) is 26.8 Å². The molecule has 4 nitrogen and oxygen atoms in total. The van der Waals surface area contributed by atoms with E-state index < -0.39 is 12.0 Å². The highest BCUT2D eigenvalue weighted by Crippen LogP contribution is 1.79. The third-order valence-electron chi connectivity index (χ3n) is 0.727. The number of carbonyl (C=O) groups excluding carboxylic acids is 1. The van der Waals surface area contributed by atoms with E-state index in [-0.39, 0.29) is 0 Å². The van der Waals surface area contributed by atoms with Gasteiger partial charge < -0.3 is 10.5 Å². The quantitative estimate of drug-likeness (QED) is 0.562. The normalized spacial score (nSPS) is 10.1. The number of nitriles is 1. The summed E-state index contributed by atoms with van der Waals surface area (Å²) < 4.78 is 4.47. The largest absolute Gasteiger partial charge is 0.461 e. The lowest BCUT2D eigenvalue weighted by atomic mass is 10.4. The van der Waals surface area contributed by atoms with Crippen LogP contribution in [-0.4, -0.2) is 18.6 Å². The summed E-state index contributed by atoms with van der Waals surface area (Å²) in [7, 11) is 0. The van der Waals surface area contributed by atoms with Crippen LogP contribution < -0.4 is 5.73 Å². The van der Waals surface area contributed by atoms with Crippen LogP contribution >= 0.6 is 0 Å². The van der Waals surface area contributed by atoms with Crippen LogP contribution in [-0.2, 0) is 9.53 Å². The van der Waals surface area contributed by atoms with Gasteiger partial charge in [-0.05, 0) is 6.92 Å². The molecular formula is C7H15N2O2+. The minimum atomic E-state index is -0.884. The SMILES string of the molecule is CC.CCOC(=O)C([NH3+])C#N. The van der Waals surface area contributed by atoms with E-state index in [1.54, 1.807) is 13.0 Å². The van der Waals surface area contributed by atoms with Crippen molar-refractivity contribution in [3.63, 3.8) is 0 Å². The van der Waals surface area contributed by atoms with Gasteiger partial charge in [0, 0.05) is 0 Å². The van der Waals surface area contributed by atoms with Gasteiger partial charge in [-0.2, -0.15) is 5.26 Å². The maximum Gasteiger partial charge on any atom is 0.380 e. The summed E-state index contributed by atoms with van der Waals surface area (Å²) in [6.45, 7) is 5.98. The zero-order valence-electron chi connectivity index (χ0n) is 7.26. The molecule has 0 aromatic rings. The number of nitrogens with zero attached hydrogens (tertiary/aromatic N) is 1. The lowest BCUT2D eigenvalue weighted by Crippen LogP contribution is -2.64.